The first-order chi connectivity index (χ1) is 12.6. The standard InChI is InChI=1S/C21H19ClN2O2/c22-18-7-3-4-8-19(18)23-9-11-24(12-10-23)21(26)17-13-15-5-1-2-6-16(15)14-20(17)25/h1-8,13-14,25H,9-12H2. The molecule has 0 atom stereocenters. The van der Waals surface area contributed by atoms with Gasteiger partial charge < -0.3 is 14.9 Å². The van der Waals surface area contributed by atoms with Gasteiger partial charge in [0.25, 0.3) is 5.91 Å². The van der Waals surface area contributed by atoms with Crippen molar-refractivity contribution in [3.63, 3.8) is 0 Å². The number of anilines is 1. The molecule has 1 amide bonds. The van der Waals surface area contributed by atoms with Crippen LogP contribution in [0.3, 0.4) is 0 Å². The van der Waals surface area contributed by atoms with E-state index < -0.39 is 0 Å². The maximum atomic E-state index is 12.9. The predicted molar refractivity (Wildman–Crippen MR) is 105 cm³/mol. The summed E-state index contributed by atoms with van der Waals surface area (Å²) >= 11 is 6.27. The van der Waals surface area contributed by atoms with Gasteiger partial charge >= 0.3 is 0 Å². The first kappa shape index (κ1) is 16.7. The summed E-state index contributed by atoms with van der Waals surface area (Å²) in [6.07, 6.45) is 0. The summed E-state index contributed by atoms with van der Waals surface area (Å²) in [5.41, 5.74) is 1.35. The summed E-state index contributed by atoms with van der Waals surface area (Å²) in [7, 11) is 0. The molecule has 0 unspecified atom stereocenters. The number of carbonyl (C=O) groups excluding carboxylic acids is 1. The predicted octanol–water partition coefficient (Wildman–Crippen LogP) is 4.16. The van der Waals surface area contributed by atoms with Gasteiger partial charge in [0.15, 0.2) is 0 Å². The van der Waals surface area contributed by atoms with Crippen molar-refractivity contribution >= 4 is 34.0 Å². The van der Waals surface area contributed by atoms with Crippen LogP contribution < -0.4 is 4.90 Å². The third kappa shape index (κ3) is 3.08. The number of piperazine rings is 1. The molecule has 4 rings (SSSR count). The van der Waals surface area contributed by atoms with Crippen LogP contribution in [0.1, 0.15) is 10.4 Å². The number of amides is 1. The summed E-state index contributed by atoms with van der Waals surface area (Å²) in [6, 6.07) is 18.9. The minimum Gasteiger partial charge on any atom is -0.507 e. The van der Waals surface area contributed by atoms with Crippen molar-refractivity contribution in [2.45, 2.75) is 0 Å². The van der Waals surface area contributed by atoms with Crippen LogP contribution in [0.25, 0.3) is 10.8 Å². The molecule has 3 aromatic rings. The van der Waals surface area contributed by atoms with Gasteiger partial charge in [-0.1, -0.05) is 48.0 Å². The summed E-state index contributed by atoms with van der Waals surface area (Å²) in [6.45, 7) is 2.61. The maximum Gasteiger partial charge on any atom is 0.257 e. The van der Waals surface area contributed by atoms with Gasteiger partial charge in [0.1, 0.15) is 5.75 Å². The topological polar surface area (TPSA) is 43.8 Å². The van der Waals surface area contributed by atoms with E-state index >= 15 is 0 Å². The fourth-order valence-corrected chi connectivity index (χ4v) is 3.68. The van der Waals surface area contributed by atoms with Gasteiger partial charge in [-0.2, -0.15) is 0 Å². The van der Waals surface area contributed by atoms with E-state index in [1.165, 1.54) is 0 Å². The highest BCUT2D eigenvalue weighted by Crippen LogP contribution is 2.28. The van der Waals surface area contributed by atoms with Crippen molar-refractivity contribution in [1.29, 1.82) is 0 Å². The molecule has 132 valence electrons. The third-order valence-corrected chi connectivity index (χ3v) is 5.17. The van der Waals surface area contributed by atoms with E-state index in [0.29, 0.717) is 31.7 Å². The molecule has 0 radical (unpaired) electrons. The molecule has 26 heavy (non-hydrogen) atoms. The van der Waals surface area contributed by atoms with Crippen LogP contribution in [-0.2, 0) is 0 Å². The van der Waals surface area contributed by atoms with Crippen LogP contribution in [0.4, 0.5) is 5.69 Å². The number of phenolic OH excluding ortho intramolecular Hbond substituents is 1. The Balaban J connectivity index is 1.52. The second kappa shape index (κ2) is 6.89. The second-order valence-electron chi connectivity index (χ2n) is 6.45. The molecule has 1 aliphatic rings. The molecule has 3 aromatic carbocycles. The SMILES string of the molecule is O=C(c1cc2ccccc2cc1O)N1CCN(c2ccccc2Cl)CC1. The molecule has 1 heterocycles. The first-order valence-corrected chi connectivity index (χ1v) is 9.02. The Labute approximate surface area is 157 Å². The molecule has 0 spiro atoms. The van der Waals surface area contributed by atoms with E-state index in [2.05, 4.69) is 4.90 Å². The lowest BCUT2D eigenvalue weighted by atomic mass is 10.0. The van der Waals surface area contributed by atoms with Crippen molar-refractivity contribution in [1.82, 2.24) is 4.90 Å². The number of fused-ring (bicyclic) bond motifs is 1. The van der Waals surface area contributed by atoms with Crippen LogP contribution in [0, 0.1) is 0 Å². The lowest BCUT2D eigenvalue weighted by Crippen LogP contribution is -2.48. The van der Waals surface area contributed by atoms with Gasteiger partial charge in [0.05, 0.1) is 16.3 Å². The quantitative estimate of drug-likeness (QED) is 0.740. The van der Waals surface area contributed by atoms with Crippen molar-refractivity contribution in [3.8, 4) is 5.75 Å². The zero-order valence-electron chi connectivity index (χ0n) is 14.2. The van der Waals surface area contributed by atoms with Gasteiger partial charge in [-0.3, -0.25) is 4.79 Å². The van der Waals surface area contributed by atoms with Crippen LogP contribution in [0.5, 0.6) is 5.75 Å². The number of hydrogen-bond donors (Lipinski definition) is 1. The molecule has 0 aliphatic carbocycles. The second-order valence-corrected chi connectivity index (χ2v) is 6.85. The normalized spacial score (nSPS) is 14.7. The number of hydrogen-bond acceptors (Lipinski definition) is 3. The van der Waals surface area contributed by atoms with Gasteiger partial charge in [0, 0.05) is 26.2 Å². The lowest BCUT2D eigenvalue weighted by molar-refractivity contribution is 0.0744. The zero-order chi connectivity index (χ0) is 18.1. The summed E-state index contributed by atoms with van der Waals surface area (Å²) in [5.74, 6) is -0.103. The number of aromatic hydroxyl groups is 1. The fourth-order valence-electron chi connectivity index (χ4n) is 3.43. The molecular formula is C21H19ClN2O2. The van der Waals surface area contributed by atoms with Crippen LogP contribution in [-0.4, -0.2) is 42.1 Å². The Morgan fingerprint density at radius 1 is 0.885 bits per heavy atom. The molecule has 0 aromatic heterocycles. The summed E-state index contributed by atoms with van der Waals surface area (Å²) < 4.78 is 0. The van der Waals surface area contributed by atoms with Crippen molar-refractivity contribution in [2.24, 2.45) is 0 Å². The molecule has 1 aliphatic heterocycles. The molecule has 1 fully saturated rings. The zero-order valence-corrected chi connectivity index (χ0v) is 15.0. The molecule has 0 saturated carbocycles. The Morgan fingerprint density at radius 3 is 2.19 bits per heavy atom. The number of rotatable bonds is 2. The molecular weight excluding hydrogens is 348 g/mol. The average molecular weight is 367 g/mol. The molecule has 1 saturated heterocycles. The van der Waals surface area contributed by atoms with E-state index in [-0.39, 0.29) is 11.7 Å². The monoisotopic (exact) mass is 366 g/mol. The smallest absolute Gasteiger partial charge is 0.257 e. The molecule has 4 nitrogen and oxygen atoms in total. The largest absolute Gasteiger partial charge is 0.507 e. The van der Waals surface area contributed by atoms with Crippen molar-refractivity contribution < 1.29 is 9.90 Å². The van der Waals surface area contributed by atoms with E-state index in [1.54, 1.807) is 17.0 Å². The Morgan fingerprint density at radius 2 is 1.50 bits per heavy atom. The van der Waals surface area contributed by atoms with Crippen molar-refractivity contribution in [2.75, 3.05) is 31.1 Å². The van der Waals surface area contributed by atoms with Crippen LogP contribution in [0.2, 0.25) is 5.02 Å². The Bertz CT molecular complexity index is 965. The highest BCUT2D eigenvalue weighted by atomic mass is 35.5. The number of nitrogens with zero attached hydrogens (tertiary/aromatic N) is 2. The van der Waals surface area contributed by atoms with Crippen LogP contribution >= 0.6 is 11.6 Å². The number of halogens is 1. The first-order valence-electron chi connectivity index (χ1n) is 8.64. The minimum atomic E-state index is -0.132. The van der Waals surface area contributed by atoms with Gasteiger partial charge in [-0.25, -0.2) is 0 Å². The number of para-hydroxylation sites is 1. The van der Waals surface area contributed by atoms with Gasteiger partial charge in [-0.15, -0.1) is 0 Å². The maximum absolute atomic E-state index is 12.9. The number of carbonyl (C=O) groups is 1. The third-order valence-electron chi connectivity index (χ3n) is 4.85. The number of phenols is 1. The highest BCUT2D eigenvalue weighted by molar-refractivity contribution is 6.33. The molecule has 0 bridgehead atoms. The summed E-state index contributed by atoms with van der Waals surface area (Å²) in [5, 5.41) is 12.9. The Kier molecular flexibility index (Phi) is 4.43. The molecule has 5 heteroatoms. The minimum absolute atomic E-state index is 0.0298. The van der Waals surface area contributed by atoms with E-state index in [1.807, 2.05) is 48.5 Å². The fraction of sp³-hybridized carbons (Fsp3) is 0.190. The van der Waals surface area contributed by atoms with E-state index in [9.17, 15) is 9.90 Å². The average Bonchev–Trinajstić information content (AvgIpc) is 2.67. The van der Waals surface area contributed by atoms with Crippen molar-refractivity contribution in [3.05, 3.63) is 71.2 Å². The van der Waals surface area contributed by atoms with E-state index in [0.717, 1.165) is 21.5 Å². The lowest BCUT2D eigenvalue weighted by Gasteiger charge is -2.36. The number of benzene rings is 3. The highest BCUT2D eigenvalue weighted by Gasteiger charge is 2.25. The van der Waals surface area contributed by atoms with Gasteiger partial charge in [0.2, 0.25) is 0 Å². The van der Waals surface area contributed by atoms with Crippen LogP contribution in [0.15, 0.2) is 60.7 Å². The molecule has 1 N–H and O–H groups in total. The Hall–Kier alpha value is -2.72. The van der Waals surface area contributed by atoms with Gasteiger partial charge in [-0.05, 0) is 35.0 Å². The van der Waals surface area contributed by atoms with E-state index in [4.69, 9.17) is 11.6 Å². The summed E-state index contributed by atoms with van der Waals surface area (Å²) in [4.78, 5) is 16.9.